The highest BCUT2D eigenvalue weighted by Crippen LogP contribution is 2.40. The predicted octanol–water partition coefficient (Wildman–Crippen LogP) is 3.02. The fourth-order valence-corrected chi connectivity index (χ4v) is 2.71. The van der Waals surface area contributed by atoms with E-state index in [9.17, 15) is 9.59 Å². The summed E-state index contributed by atoms with van der Waals surface area (Å²) in [6, 6.07) is 8.17. The van der Waals surface area contributed by atoms with E-state index in [1.807, 2.05) is 0 Å². The van der Waals surface area contributed by atoms with Crippen molar-refractivity contribution in [2.75, 3.05) is 39.1 Å². The van der Waals surface area contributed by atoms with Gasteiger partial charge >= 0.3 is 6.09 Å². The smallest absolute Gasteiger partial charge is 0.413 e. The second-order valence-electron chi connectivity index (χ2n) is 5.80. The van der Waals surface area contributed by atoms with E-state index in [-0.39, 0.29) is 11.9 Å². The molecule has 0 unspecified atom stereocenters. The molecule has 10 heteroatoms. The van der Waals surface area contributed by atoms with Crippen LogP contribution in [0.25, 0.3) is 11.0 Å². The summed E-state index contributed by atoms with van der Waals surface area (Å²) >= 11 is 0. The number of hydrogen-bond acceptors (Lipinski definition) is 7. The molecule has 2 amide bonds. The third kappa shape index (κ3) is 4.15. The van der Waals surface area contributed by atoms with Crippen LogP contribution in [-0.2, 0) is 4.74 Å². The number of fused-ring (bicyclic) bond motifs is 1. The Morgan fingerprint density at radius 3 is 2.21 bits per heavy atom. The molecule has 0 bridgehead atoms. The van der Waals surface area contributed by atoms with Crippen LogP contribution in [0.15, 0.2) is 30.3 Å². The number of imidazole rings is 1. The number of aromatic amines is 1. The molecule has 1 heterocycles. The van der Waals surface area contributed by atoms with Gasteiger partial charge in [-0.25, -0.2) is 9.78 Å². The Bertz CT molecular complexity index is 1040. The number of nitrogens with one attached hydrogen (secondary N) is 3. The standard InChI is InChI=1S/C19H20N4O6/c1-26-14-8-11(9-15(27-2)16(14)28-3)20-17(24)10-5-6-12-13(7-10)22-18(21-12)23-19(25)29-4/h5-9H,1-4H3,(H,20,24)(H2,21,22,23,25). The average molecular weight is 400 g/mol. The molecular formula is C19H20N4O6. The Morgan fingerprint density at radius 2 is 1.62 bits per heavy atom. The van der Waals surface area contributed by atoms with Crippen LogP contribution >= 0.6 is 0 Å². The Balaban J connectivity index is 1.85. The molecule has 29 heavy (non-hydrogen) atoms. The zero-order valence-electron chi connectivity index (χ0n) is 16.3. The molecular weight excluding hydrogens is 380 g/mol. The average Bonchev–Trinajstić information content (AvgIpc) is 3.13. The Hall–Kier alpha value is -3.95. The molecule has 3 rings (SSSR count). The summed E-state index contributed by atoms with van der Waals surface area (Å²) in [5.41, 5.74) is 2.02. The molecule has 0 aliphatic rings. The topological polar surface area (TPSA) is 124 Å². The molecule has 0 fully saturated rings. The van der Waals surface area contributed by atoms with Crippen molar-refractivity contribution in [2.45, 2.75) is 0 Å². The SMILES string of the molecule is COC(=O)Nc1nc2ccc(C(=O)Nc3cc(OC)c(OC)c(OC)c3)cc2[nH]1. The van der Waals surface area contributed by atoms with Crippen LogP contribution in [0.5, 0.6) is 17.2 Å². The van der Waals surface area contributed by atoms with Gasteiger partial charge in [0.2, 0.25) is 11.7 Å². The molecule has 2 aromatic carbocycles. The van der Waals surface area contributed by atoms with Crippen molar-refractivity contribution in [3.63, 3.8) is 0 Å². The first-order valence-electron chi connectivity index (χ1n) is 8.45. The van der Waals surface area contributed by atoms with Crippen LogP contribution in [-0.4, -0.2) is 50.4 Å². The van der Waals surface area contributed by atoms with Crippen molar-refractivity contribution in [1.82, 2.24) is 9.97 Å². The molecule has 3 N–H and O–H groups in total. The van der Waals surface area contributed by atoms with Gasteiger partial charge in [-0.3, -0.25) is 10.1 Å². The number of aromatic nitrogens is 2. The van der Waals surface area contributed by atoms with Gasteiger partial charge in [-0.1, -0.05) is 0 Å². The Kier molecular flexibility index (Phi) is 5.72. The maximum Gasteiger partial charge on any atom is 0.413 e. The molecule has 0 spiro atoms. The highest BCUT2D eigenvalue weighted by molar-refractivity contribution is 6.06. The van der Waals surface area contributed by atoms with Crippen LogP contribution in [0.4, 0.5) is 16.4 Å². The lowest BCUT2D eigenvalue weighted by atomic mass is 10.1. The second-order valence-corrected chi connectivity index (χ2v) is 5.80. The van der Waals surface area contributed by atoms with E-state index in [2.05, 4.69) is 25.3 Å². The number of ether oxygens (including phenoxy) is 4. The van der Waals surface area contributed by atoms with Crippen molar-refractivity contribution in [1.29, 1.82) is 0 Å². The van der Waals surface area contributed by atoms with Gasteiger partial charge in [-0.15, -0.1) is 0 Å². The van der Waals surface area contributed by atoms with Crippen LogP contribution < -0.4 is 24.8 Å². The van der Waals surface area contributed by atoms with Crippen LogP contribution in [0.2, 0.25) is 0 Å². The minimum Gasteiger partial charge on any atom is -0.493 e. The van der Waals surface area contributed by atoms with Crippen molar-refractivity contribution in [3.8, 4) is 17.2 Å². The van der Waals surface area contributed by atoms with Crippen molar-refractivity contribution >= 4 is 34.7 Å². The summed E-state index contributed by atoms with van der Waals surface area (Å²) in [4.78, 5) is 31.1. The van der Waals surface area contributed by atoms with E-state index < -0.39 is 6.09 Å². The van der Waals surface area contributed by atoms with Crippen LogP contribution in [0.3, 0.4) is 0 Å². The van der Waals surface area contributed by atoms with Gasteiger partial charge in [-0.2, -0.15) is 0 Å². The van der Waals surface area contributed by atoms with Gasteiger partial charge in [0, 0.05) is 23.4 Å². The maximum absolute atomic E-state index is 12.7. The summed E-state index contributed by atoms with van der Waals surface area (Å²) in [6.07, 6.45) is -0.649. The van der Waals surface area contributed by atoms with Crippen molar-refractivity contribution < 1.29 is 28.5 Å². The lowest BCUT2D eigenvalue weighted by Gasteiger charge is -2.14. The molecule has 1 aromatic heterocycles. The van der Waals surface area contributed by atoms with E-state index in [0.717, 1.165) is 0 Å². The molecule has 152 valence electrons. The maximum atomic E-state index is 12.7. The lowest BCUT2D eigenvalue weighted by Crippen LogP contribution is -2.12. The molecule has 0 saturated carbocycles. The number of rotatable bonds is 6. The summed E-state index contributed by atoms with van der Waals surface area (Å²) in [5, 5.41) is 5.23. The summed E-state index contributed by atoms with van der Waals surface area (Å²) in [7, 11) is 5.75. The lowest BCUT2D eigenvalue weighted by molar-refractivity contribution is 0.102. The summed E-state index contributed by atoms with van der Waals surface area (Å²) < 4.78 is 20.4. The number of anilines is 2. The second kappa shape index (κ2) is 8.38. The molecule has 10 nitrogen and oxygen atoms in total. The van der Waals surface area contributed by atoms with E-state index in [0.29, 0.717) is 39.5 Å². The largest absolute Gasteiger partial charge is 0.493 e. The number of nitrogens with zero attached hydrogens (tertiary/aromatic N) is 1. The number of carbonyl (C=O) groups is 2. The van der Waals surface area contributed by atoms with Crippen molar-refractivity contribution in [2.24, 2.45) is 0 Å². The number of H-pyrrole nitrogens is 1. The summed E-state index contributed by atoms with van der Waals surface area (Å²) in [6.45, 7) is 0. The third-order valence-corrected chi connectivity index (χ3v) is 4.07. The van der Waals surface area contributed by atoms with E-state index in [1.54, 1.807) is 30.3 Å². The van der Waals surface area contributed by atoms with Gasteiger partial charge < -0.3 is 29.2 Å². The minimum atomic E-state index is -0.649. The van der Waals surface area contributed by atoms with E-state index >= 15 is 0 Å². The van der Waals surface area contributed by atoms with E-state index in [4.69, 9.17) is 14.2 Å². The Morgan fingerprint density at radius 1 is 0.931 bits per heavy atom. The predicted molar refractivity (Wildman–Crippen MR) is 106 cm³/mol. The fourth-order valence-electron chi connectivity index (χ4n) is 2.71. The molecule has 3 aromatic rings. The highest BCUT2D eigenvalue weighted by atomic mass is 16.5. The summed E-state index contributed by atoms with van der Waals surface area (Å²) in [5.74, 6) is 1.14. The molecule has 0 atom stereocenters. The zero-order chi connectivity index (χ0) is 21.0. The van der Waals surface area contributed by atoms with Gasteiger partial charge in [0.1, 0.15) is 0 Å². The third-order valence-electron chi connectivity index (χ3n) is 4.07. The van der Waals surface area contributed by atoms with Gasteiger partial charge in [0.25, 0.3) is 5.91 Å². The number of carbonyl (C=O) groups excluding carboxylic acids is 2. The quantitative estimate of drug-likeness (QED) is 0.581. The van der Waals surface area contributed by atoms with Gasteiger partial charge in [0.15, 0.2) is 11.5 Å². The number of hydrogen-bond donors (Lipinski definition) is 3. The normalized spacial score (nSPS) is 10.3. The van der Waals surface area contributed by atoms with Crippen LogP contribution in [0.1, 0.15) is 10.4 Å². The van der Waals surface area contributed by atoms with Gasteiger partial charge in [-0.05, 0) is 18.2 Å². The first kappa shape index (κ1) is 19.8. The molecule has 0 saturated heterocycles. The van der Waals surface area contributed by atoms with Crippen LogP contribution in [0, 0.1) is 0 Å². The molecule has 0 aliphatic carbocycles. The number of benzene rings is 2. The van der Waals surface area contributed by atoms with E-state index in [1.165, 1.54) is 28.4 Å². The minimum absolute atomic E-state index is 0.217. The number of amides is 2. The highest BCUT2D eigenvalue weighted by Gasteiger charge is 2.16. The first-order chi connectivity index (χ1) is 14.0. The molecule has 0 aliphatic heterocycles. The van der Waals surface area contributed by atoms with Crippen molar-refractivity contribution in [3.05, 3.63) is 35.9 Å². The monoisotopic (exact) mass is 400 g/mol. The fraction of sp³-hybridized carbons (Fsp3) is 0.211. The number of methoxy groups -OCH3 is 4. The van der Waals surface area contributed by atoms with Gasteiger partial charge in [0.05, 0.1) is 39.5 Å². The first-order valence-corrected chi connectivity index (χ1v) is 8.45. The Labute approximate surface area is 166 Å². The molecule has 0 radical (unpaired) electrons. The zero-order valence-corrected chi connectivity index (χ0v) is 16.3.